The molecule has 100 valence electrons. The van der Waals surface area contributed by atoms with Gasteiger partial charge in [0.1, 0.15) is 5.82 Å². The van der Waals surface area contributed by atoms with Gasteiger partial charge in [0.2, 0.25) is 0 Å². The molecule has 0 aliphatic rings. The van der Waals surface area contributed by atoms with Gasteiger partial charge in [0.15, 0.2) is 0 Å². The summed E-state index contributed by atoms with van der Waals surface area (Å²) in [6.45, 7) is 2.63. The summed E-state index contributed by atoms with van der Waals surface area (Å²) in [5, 5.41) is 4.46. The normalized spacial score (nSPS) is 12.4. The van der Waals surface area contributed by atoms with Crippen LogP contribution >= 0.6 is 23.2 Å². The third-order valence-electron chi connectivity index (χ3n) is 3.00. The topological polar surface area (TPSA) is 12.0 Å². The largest absolute Gasteiger partial charge is 0.306 e. The first-order valence-electron chi connectivity index (χ1n) is 5.99. The quantitative estimate of drug-likeness (QED) is 0.839. The second-order valence-electron chi connectivity index (χ2n) is 4.37. The van der Waals surface area contributed by atoms with Crippen LogP contribution in [0.25, 0.3) is 0 Å². The van der Waals surface area contributed by atoms with Gasteiger partial charge in [-0.2, -0.15) is 0 Å². The van der Waals surface area contributed by atoms with Crippen LogP contribution in [0.4, 0.5) is 4.39 Å². The molecule has 1 N–H and O–H groups in total. The van der Waals surface area contributed by atoms with Crippen LogP contribution in [0.5, 0.6) is 0 Å². The van der Waals surface area contributed by atoms with Gasteiger partial charge >= 0.3 is 0 Å². The summed E-state index contributed by atoms with van der Waals surface area (Å²) in [5.74, 6) is -0.228. The van der Waals surface area contributed by atoms with Crippen LogP contribution in [0.3, 0.4) is 0 Å². The summed E-state index contributed by atoms with van der Waals surface area (Å²) >= 11 is 12.1. The number of hydrogen-bond donors (Lipinski definition) is 1. The molecule has 1 atom stereocenters. The molecule has 0 saturated carbocycles. The molecule has 19 heavy (non-hydrogen) atoms. The highest BCUT2D eigenvalue weighted by Gasteiger charge is 2.08. The van der Waals surface area contributed by atoms with Crippen molar-refractivity contribution in [2.75, 3.05) is 0 Å². The predicted octanol–water partition coefficient (Wildman–Crippen LogP) is 4.98. The fraction of sp³-hybridized carbons (Fsp3) is 0.200. The van der Waals surface area contributed by atoms with Crippen molar-refractivity contribution in [3.8, 4) is 0 Å². The Labute approximate surface area is 122 Å². The van der Waals surface area contributed by atoms with E-state index < -0.39 is 0 Å². The van der Waals surface area contributed by atoms with Gasteiger partial charge in [-0.15, -0.1) is 0 Å². The Kier molecular flexibility index (Phi) is 4.81. The Morgan fingerprint density at radius 1 is 1.11 bits per heavy atom. The highest BCUT2D eigenvalue weighted by atomic mass is 35.5. The summed E-state index contributed by atoms with van der Waals surface area (Å²) in [6, 6.07) is 12.1. The molecular weight excluding hydrogens is 284 g/mol. The molecule has 0 radical (unpaired) electrons. The molecule has 0 aliphatic carbocycles. The van der Waals surface area contributed by atoms with Gasteiger partial charge in [-0.05, 0) is 36.2 Å². The average Bonchev–Trinajstić information content (AvgIpc) is 2.41. The lowest BCUT2D eigenvalue weighted by Crippen LogP contribution is -2.18. The monoisotopic (exact) mass is 297 g/mol. The smallest absolute Gasteiger partial charge is 0.123 e. The number of rotatable bonds is 4. The zero-order chi connectivity index (χ0) is 13.8. The summed E-state index contributed by atoms with van der Waals surface area (Å²) in [7, 11) is 0. The van der Waals surface area contributed by atoms with Gasteiger partial charge in [0.25, 0.3) is 0 Å². The number of benzene rings is 2. The predicted molar refractivity (Wildman–Crippen MR) is 78.1 cm³/mol. The first kappa shape index (κ1) is 14.3. The van der Waals surface area contributed by atoms with Crippen LogP contribution in [0.15, 0.2) is 42.5 Å². The molecule has 0 heterocycles. The van der Waals surface area contributed by atoms with Crippen LogP contribution < -0.4 is 5.32 Å². The van der Waals surface area contributed by atoms with E-state index in [1.54, 1.807) is 18.2 Å². The van der Waals surface area contributed by atoms with Gasteiger partial charge in [-0.3, -0.25) is 0 Å². The lowest BCUT2D eigenvalue weighted by Gasteiger charge is -2.15. The van der Waals surface area contributed by atoms with E-state index in [9.17, 15) is 4.39 Å². The van der Waals surface area contributed by atoms with E-state index in [0.29, 0.717) is 16.6 Å². The fourth-order valence-corrected chi connectivity index (χ4v) is 2.20. The van der Waals surface area contributed by atoms with E-state index in [2.05, 4.69) is 5.32 Å². The first-order valence-corrected chi connectivity index (χ1v) is 6.75. The Morgan fingerprint density at radius 2 is 1.79 bits per heavy atom. The maximum Gasteiger partial charge on any atom is 0.123 e. The van der Waals surface area contributed by atoms with Crippen molar-refractivity contribution in [1.29, 1.82) is 0 Å². The van der Waals surface area contributed by atoms with E-state index in [-0.39, 0.29) is 11.9 Å². The van der Waals surface area contributed by atoms with Crippen LogP contribution in [0.2, 0.25) is 10.0 Å². The van der Waals surface area contributed by atoms with Crippen LogP contribution in [0, 0.1) is 5.82 Å². The van der Waals surface area contributed by atoms with Crippen molar-refractivity contribution < 1.29 is 4.39 Å². The fourth-order valence-electron chi connectivity index (χ4n) is 1.82. The second kappa shape index (κ2) is 6.38. The van der Waals surface area contributed by atoms with Crippen molar-refractivity contribution in [3.05, 3.63) is 69.5 Å². The lowest BCUT2D eigenvalue weighted by molar-refractivity contribution is 0.571. The molecule has 1 nitrogen and oxygen atoms in total. The molecule has 0 spiro atoms. The minimum Gasteiger partial charge on any atom is -0.306 e. The Morgan fingerprint density at radius 3 is 2.47 bits per heavy atom. The summed E-state index contributed by atoms with van der Waals surface area (Å²) in [6.07, 6.45) is 0. The molecule has 0 fully saturated rings. The summed E-state index contributed by atoms with van der Waals surface area (Å²) in [4.78, 5) is 0. The number of nitrogens with one attached hydrogen (secondary N) is 1. The van der Waals surface area contributed by atoms with Crippen molar-refractivity contribution in [1.82, 2.24) is 5.32 Å². The van der Waals surface area contributed by atoms with Gasteiger partial charge < -0.3 is 5.32 Å². The third-order valence-corrected chi connectivity index (χ3v) is 3.86. The van der Waals surface area contributed by atoms with Crippen molar-refractivity contribution >= 4 is 23.2 Å². The third kappa shape index (κ3) is 3.69. The van der Waals surface area contributed by atoms with Crippen LogP contribution in [-0.2, 0) is 6.54 Å². The zero-order valence-electron chi connectivity index (χ0n) is 10.5. The maximum atomic E-state index is 12.8. The standard InChI is InChI=1S/C15H14Cl2FN/c1-10(11-5-7-13(18)8-6-11)19-9-12-3-2-4-14(16)15(12)17/h2-8,10,19H,9H2,1H3/t10-/m0/s1. The molecule has 4 heteroatoms. The molecular formula is C15H14Cl2FN. The average molecular weight is 298 g/mol. The second-order valence-corrected chi connectivity index (χ2v) is 5.15. The Hall–Kier alpha value is -1.09. The van der Waals surface area contributed by atoms with Crippen molar-refractivity contribution in [3.63, 3.8) is 0 Å². The van der Waals surface area contributed by atoms with Crippen LogP contribution in [-0.4, -0.2) is 0 Å². The SMILES string of the molecule is C[C@H](NCc1cccc(Cl)c1Cl)c1ccc(F)cc1. The molecule has 0 unspecified atom stereocenters. The molecule has 2 aromatic carbocycles. The molecule has 2 rings (SSSR count). The molecule has 2 aromatic rings. The first-order chi connectivity index (χ1) is 9.08. The highest BCUT2D eigenvalue weighted by molar-refractivity contribution is 6.42. The molecule has 0 aliphatic heterocycles. The van der Waals surface area contributed by atoms with E-state index in [4.69, 9.17) is 23.2 Å². The number of halogens is 3. The maximum absolute atomic E-state index is 12.8. The Bertz CT molecular complexity index is 555. The zero-order valence-corrected chi connectivity index (χ0v) is 12.0. The highest BCUT2D eigenvalue weighted by Crippen LogP contribution is 2.26. The van der Waals surface area contributed by atoms with E-state index >= 15 is 0 Å². The molecule has 0 saturated heterocycles. The van der Waals surface area contributed by atoms with E-state index in [1.165, 1.54) is 12.1 Å². The molecule has 0 aromatic heterocycles. The van der Waals surface area contributed by atoms with Gasteiger partial charge in [0, 0.05) is 12.6 Å². The van der Waals surface area contributed by atoms with E-state index in [1.807, 2.05) is 19.1 Å². The lowest BCUT2D eigenvalue weighted by atomic mass is 10.1. The molecule has 0 bridgehead atoms. The van der Waals surface area contributed by atoms with Crippen LogP contribution in [0.1, 0.15) is 24.1 Å². The van der Waals surface area contributed by atoms with Gasteiger partial charge in [-0.25, -0.2) is 4.39 Å². The minimum atomic E-state index is -0.228. The van der Waals surface area contributed by atoms with Gasteiger partial charge in [0.05, 0.1) is 10.0 Å². The minimum absolute atomic E-state index is 0.107. The van der Waals surface area contributed by atoms with Crippen molar-refractivity contribution in [2.24, 2.45) is 0 Å². The summed E-state index contributed by atoms with van der Waals surface area (Å²) < 4.78 is 12.8. The van der Waals surface area contributed by atoms with Crippen molar-refractivity contribution in [2.45, 2.75) is 19.5 Å². The van der Waals surface area contributed by atoms with Gasteiger partial charge in [-0.1, -0.05) is 47.5 Å². The Balaban J connectivity index is 2.02. The number of hydrogen-bond acceptors (Lipinski definition) is 1. The molecule has 0 amide bonds. The summed E-state index contributed by atoms with van der Waals surface area (Å²) in [5.41, 5.74) is 1.97. The van der Waals surface area contributed by atoms with E-state index in [0.717, 1.165) is 11.1 Å².